The van der Waals surface area contributed by atoms with Gasteiger partial charge in [0.05, 0.1) is 18.7 Å². The maximum Gasteiger partial charge on any atom is 0.229 e. The van der Waals surface area contributed by atoms with Crippen LogP contribution in [-0.2, 0) is 11.2 Å². The molecule has 2 aromatic carbocycles. The van der Waals surface area contributed by atoms with Gasteiger partial charge in [-0.05, 0) is 93.6 Å². The number of nitrogens with zero attached hydrogens (tertiary/aromatic N) is 3. The summed E-state index contributed by atoms with van der Waals surface area (Å²) in [6.07, 6.45) is 7.20. The van der Waals surface area contributed by atoms with Crippen molar-refractivity contribution in [2.24, 2.45) is 11.8 Å². The van der Waals surface area contributed by atoms with Crippen molar-refractivity contribution in [2.45, 2.75) is 38.5 Å². The lowest BCUT2D eigenvalue weighted by atomic mass is 9.98. The third-order valence-corrected chi connectivity index (χ3v) is 7.42. The van der Waals surface area contributed by atoms with Gasteiger partial charge < -0.3 is 14.4 Å². The summed E-state index contributed by atoms with van der Waals surface area (Å²) in [5.74, 6) is 3.01. The topological polar surface area (TPSA) is 56.0 Å². The van der Waals surface area contributed by atoms with E-state index in [4.69, 9.17) is 27.6 Å². The van der Waals surface area contributed by atoms with Crippen molar-refractivity contribution in [3.8, 4) is 17.2 Å². The summed E-state index contributed by atoms with van der Waals surface area (Å²) in [5, 5.41) is 1.25. The molecular weight excluding hydrogens is 474 g/mol. The van der Waals surface area contributed by atoms with E-state index in [0.29, 0.717) is 64.8 Å². The normalized spacial score (nSPS) is 16.6. The molecule has 36 heavy (non-hydrogen) atoms. The summed E-state index contributed by atoms with van der Waals surface area (Å²) < 4.78 is 12.3. The molecular formula is C29H30ClN3O3. The van der Waals surface area contributed by atoms with Crippen molar-refractivity contribution in [3.63, 3.8) is 0 Å². The molecule has 0 unspecified atom stereocenters. The van der Waals surface area contributed by atoms with E-state index >= 15 is 0 Å². The van der Waals surface area contributed by atoms with Crippen molar-refractivity contribution in [1.29, 1.82) is 0 Å². The van der Waals surface area contributed by atoms with Crippen LogP contribution in [0.5, 0.6) is 17.2 Å². The SMILES string of the molecule is [C-]#[N+]c1cc2c(Oc3ccc(CC(=O)CC4CC4)c(Cl)c3)ccnc2cc1OCC1CCN(C)CC1. The van der Waals surface area contributed by atoms with E-state index in [1.54, 1.807) is 24.4 Å². The fourth-order valence-corrected chi connectivity index (χ4v) is 4.89. The van der Waals surface area contributed by atoms with Crippen molar-refractivity contribution in [3.05, 3.63) is 64.6 Å². The first-order chi connectivity index (χ1) is 17.5. The summed E-state index contributed by atoms with van der Waals surface area (Å²) >= 11 is 6.48. The van der Waals surface area contributed by atoms with E-state index in [9.17, 15) is 4.79 Å². The molecule has 0 atom stereocenters. The number of carbonyl (C=O) groups is 1. The summed E-state index contributed by atoms with van der Waals surface area (Å²) in [4.78, 5) is 22.8. The lowest BCUT2D eigenvalue weighted by Gasteiger charge is -2.28. The van der Waals surface area contributed by atoms with Crippen LogP contribution in [0.15, 0.2) is 42.6 Å². The van der Waals surface area contributed by atoms with Gasteiger partial charge in [0.25, 0.3) is 0 Å². The van der Waals surface area contributed by atoms with Crippen molar-refractivity contribution in [2.75, 3.05) is 26.7 Å². The number of pyridine rings is 1. The number of ketones is 1. The van der Waals surface area contributed by atoms with Crippen LogP contribution in [0.4, 0.5) is 5.69 Å². The van der Waals surface area contributed by atoms with E-state index in [1.807, 2.05) is 18.2 Å². The fourth-order valence-electron chi connectivity index (χ4n) is 4.66. The molecule has 186 valence electrons. The number of piperidine rings is 1. The van der Waals surface area contributed by atoms with Gasteiger partial charge in [0.1, 0.15) is 23.0 Å². The van der Waals surface area contributed by atoms with Gasteiger partial charge in [-0.25, -0.2) is 4.85 Å². The second kappa shape index (κ2) is 10.9. The Hall–Kier alpha value is -3.14. The Morgan fingerprint density at radius 3 is 2.64 bits per heavy atom. The number of aromatic nitrogens is 1. The molecule has 1 aromatic heterocycles. The van der Waals surface area contributed by atoms with Crippen LogP contribution >= 0.6 is 11.6 Å². The number of benzene rings is 2. The zero-order chi connectivity index (χ0) is 25.1. The molecule has 2 heterocycles. The minimum atomic E-state index is 0.230. The van der Waals surface area contributed by atoms with Crippen LogP contribution in [0.2, 0.25) is 5.02 Å². The average Bonchev–Trinajstić information content (AvgIpc) is 3.69. The number of carbonyl (C=O) groups excluding carboxylic acids is 1. The number of Topliss-reactive ketones (excluding diaryl/α,β-unsaturated/α-hetero) is 1. The molecule has 1 saturated heterocycles. The second-order valence-corrected chi connectivity index (χ2v) is 10.4. The molecule has 7 heteroatoms. The van der Waals surface area contributed by atoms with Gasteiger partial charge in [-0.15, -0.1) is 0 Å². The van der Waals surface area contributed by atoms with Gasteiger partial charge in [0, 0.05) is 29.4 Å². The highest BCUT2D eigenvalue weighted by molar-refractivity contribution is 6.31. The van der Waals surface area contributed by atoms with Crippen LogP contribution in [0.1, 0.15) is 37.7 Å². The third-order valence-electron chi connectivity index (χ3n) is 7.07. The molecule has 2 fully saturated rings. The van der Waals surface area contributed by atoms with Crippen LogP contribution < -0.4 is 9.47 Å². The van der Waals surface area contributed by atoms with E-state index in [2.05, 4.69) is 21.8 Å². The number of hydrogen-bond acceptors (Lipinski definition) is 5. The molecule has 3 aromatic rings. The van der Waals surface area contributed by atoms with E-state index in [1.165, 1.54) is 0 Å². The minimum Gasteiger partial charge on any atom is -0.504 e. The van der Waals surface area contributed by atoms with Crippen LogP contribution in [0.25, 0.3) is 15.7 Å². The van der Waals surface area contributed by atoms with Crippen LogP contribution in [-0.4, -0.2) is 42.4 Å². The molecule has 5 rings (SSSR count). The molecule has 1 aliphatic carbocycles. The van der Waals surface area contributed by atoms with Crippen LogP contribution in [0, 0.1) is 18.4 Å². The van der Waals surface area contributed by atoms with E-state index in [0.717, 1.165) is 49.7 Å². The van der Waals surface area contributed by atoms with E-state index in [-0.39, 0.29) is 5.78 Å². The molecule has 0 spiro atoms. The van der Waals surface area contributed by atoms with Crippen molar-refractivity contribution >= 4 is 34.0 Å². The number of rotatable bonds is 9. The smallest absolute Gasteiger partial charge is 0.229 e. The first kappa shape index (κ1) is 24.5. The molecule has 2 aliphatic rings. The Bertz CT molecular complexity index is 1310. The highest BCUT2D eigenvalue weighted by Crippen LogP contribution is 2.38. The van der Waals surface area contributed by atoms with Crippen molar-refractivity contribution < 1.29 is 14.3 Å². The number of halogens is 1. The van der Waals surface area contributed by atoms with Gasteiger partial charge in [-0.1, -0.05) is 17.7 Å². The Morgan fingerprint density at radius 2 is 1.92 bits per heavy atom. The summed E-state index contributed by atoms with van der Waals surface area (Å²) in [6.45, 7) is 10.4. The monoisotopic (exact) mass is 503 g/mol. The highest BCUT2D eigenvalue weighted by Gasteiger charge is 2.24. The Labute approximate surface area is 217 Å². The maximum absolute atomic E-state index is 12.2. The minimum absolute atomic E-state index is 0.230. The fraction of sp³-hybridized carbons (Fsp3) is 0.414. The van der Waals surface area contributed by atoms with Gasteiger partial charge in [0.15, 0.2) is 0 Å². The predicted octanol–water partition coefficient (Wildman–Crippen LogP) is 6.86. The lowest BCUT2D eigenvalue weighted by Crippen LogP contribution is -2.32. The molecule has 0 amide bonds. The highest BCUT2D eigenvalue weighted by atomic mass is 35.5. The summed E-state index contributed by atoms with van der Waals surface area (Å²) in [6, 6.07) is 10.8. The number of likely N-dealkylation sites (tertiary alicyclic amines) is 1. The van der Waals surface area contributed by atoms with E-state index < -0.39 is 0 Å². The Balaban J connectivity index is 1.31. The predicted molar refractivity (Wildman–Crippen MR) is 141 cm³/mol. The first-order valence-corrected chi connectivity index (χ1v) is 13.0. The summed E-state index contributed by atoms with van der Waals surface area (Å²) in [7, 11) is 2.14. The molecule has 0 N–H and O–H groups in total. The zero-order valence-corrected chi connectivity index (χ0v) is 21.3. The van der Waals surface area contributed by atoms with Crippen LogP contribution in [0.3, 0.4) is 0 Å². The molecule has 0 radical (unpaired) electrons. The quantitative estimate of drug-likeness (QED) is 0.298. The van der Waals surface area contributed by atoms with Gasteiger partial charge in [-0.3, -0.25) is 9.78 Å². The molecule has 6 nitrogen and oxygen atoms in total. The Morgan fingerprint density at radius 1 is 1.11 bits per heavy atom. The van der Waals surface area contributed by atoms with Gasteiger partial charge in [0.2, 0.25) is 5.69 Å². The number of hydrogen-bond donors (Lipinski definition) is 0. The first-order valence-electron chi connectivity index (χ1n) is 12.6. The number of ether oxygens (including phenoxy) is 2. The maximum atomic E-state index is 12.2. The number of fused-ring (bicyclic) bond motifs is 1. The van der Waals surface area contributed by atoms with Crippen molar-refractivity contribution in [1.82, 2.24) is 9.88 Å². The Kier molecular flexibility index (Phi) is 7.41. The average molecular weight is 504 g/mol. The molecule has 1 aliphatic heterocycles. The zero-order valence-electron chi connectivity index (χ0n) is 20.5. The van der Waals surface area contributed by atoms with Gasteiger partial charge >= 0.3 is 0 Å². The molecule has 0 bridgehead atoms. The second-order valence-electron chi connectivity index (χ2n) is 10.0. The summed E-state index contributed by atoms with van der Waals surface area (Å²) in [5.41, 5.74) is 1.96. The molecule has 1 saturated carbocycles. The van der Waals surface area contributed by atoms with Gasteiger partial charge in [-0.2, -0.15) is 0 Å². The third kappa shape index (κ3) is 5.98. The largest absolute Gasteiger partial charge is 0.504 e. The standard InChI is InChI=1S/C29H30ClN3O3/c1-31-27-16-24-26(17-29(27)35-18-20-8-11-33(2)12-9-20)32-10-7-28(24)36-23-6-5-21(25(30)15-23)14-22(34)13-19-3-4-19/h5-7,10,15-17,19-20H,3-4,8-9,11-14,18H2,2H3. The lowest BCUT2D eigenvalue weighted by molar-refractivity contribution is -0.118.